The maximum absolute atomic E-state index is 10.7. The summed E-state index contributed by atoms with van der Waals surface area (Å²) in [6.45, 7) is 1.63. The molecule has 0 aromatic carbocycles. The average molecular weight is 345 g/mol. The Morgan fingerprint density at radius 3 is 2.87 bits per heavy atom. The monoisotopic (exact) mass is 345 g/mol. The van der Waals surface area contributed by atoms with Crippen molar-refractivity contribution in [1.29, 1.82) is 0 Å². The Labute approximate surface area is 132 Å². The number of aromatic nitrogens is 4. The number of anilines is 2. The number of nitrogens with one attached hydrogen (secondary N) is 1. The van der Waals surface area contributed by atoms with Crippen LogP contribution in [0.3, 0.4) is 0 Å². The highest BCUT2D eigenvalue weighted by Crippen LogP contribution is 2.33. The van der Waals surface area contributed by atoms with Gasteiger partial charge in [-0.2, -0.15) is 9.97 Å². The molecule has 128 valence electrons. The lowest BCUT2D eigenvalue weighted by molar-refractivity contribution is 0.149. The number of hydrogen-bond donors (Lipinski definition) is 5. The molecule has 11 nitrogen and oxygen atoms in total. The molecular formula is C11H20N7O4P. The van der Waals surface area contributed by atoms with Gasteiger partial charge in [0.25, 0.3) is 0 Å². The van der Waals surface area contributed by atoms with Crippen molar-refractivity contribution >= 4 is 30.5 Å². The molecule has 0 fully saturated rings. The predicted molar refractivity (Wildman–Crippen MR) is 84.8 cm³/mol. The molecule has 0 aliphatic rings. The zero-order valence-electron chi connectivity index (χ0n) is 12.4. The predicted octanol–water partition coefficient (Wildman–Crippen LogP) is -0.679. The van der Waals surface area contributed by atoms with Crippen molar-refractivity contribution in [2.45, 2.75) is 13.0 Å². The number of nitrogen functional groups attached to an aromatic ring is 1. The Hall–Kier alpha value is -1.78. The molecule has 0 saturated carbocycles. The standard InChI is InChI=1S/C11H20N7O4P/c12-2-1-3-14-9-8-10(17-11(13)16-9)18(6-15-8)4-5-22-7-23(19,20)21/h6H,1-5,7,12H2,(H2,19,20,21)(H3,13,14,16,17). The third-order valence-electron chi connectivity index (χ3n) is 2.89. The molecule has 0 bridgehead atoms. The fourth-order valence-electron chi connectivity index (χ4n) is 1.90. The molecule has 2 rings (SSSR count). The molecule has 7 N–H and O–H groups in total. The quantitative estimate of drug-likeness (QED) is 0.289. The smallest absolute Gasteiger partial charge is 0.350 e. The van der Waals surface area contributed by atoms with Crippen LogP contribution < -0.4 is 16.8 Å². The number of rotatable bonds is 9. The van der Waals surface area contributed by atoms with E-state index in [4.69, 9.17) is 26.0 Å². The minimum absolute atomic E-state index is 0.102. The fraction of sp³-hybridized carbons (Fsp3) is 0.545. The Morgan fingerprint density at radius 1 is 1.39 bits per heavy atom. The highest BCUT2D eigenvalue weighted by atomic mass is 31.2. The minimum Gasteiger partial charge on any atom is -0.368 e. The zero-order chi connectivity index (χ0) is 16.9. The van der Waals surface area contributed by atoms with Gasteiger partial charge >= 0.3 is 7.60 Å². The molecule has 0 atom stereocenters. The lowest BCUT2D eigenvalue weighted by atomic mass is 10.4. The third kappa shape index (κ3) is 5.12. The second-order valence-electron chi connectivity index (χ2n) is 4.81. The summed E-state index contributed by atoms with van der Waals surface area (Å²) in [5.74, 6) is 0.626. The average Bonchev–Trinajstić information content (AvgIpc) is 2.86. The molecule has 0 spiro atoms. The van der Waals surface area contributed by atoms with Gasteiger partial charge in [0.2, 0.25) is 5.95 Å². The number of nitrogens with zero attached hydrogens (tertiary/aromatic N) is 4. The SMILES string of the molecule is NCCCNc1nc(N)nc2c1ncn2CCOCP(=O)(O)O. The largest absolute Gasteiger partial charge is 0.368 e. The molecule has 0 unspecified atom stereocenters. The first-order valence-corrected chi connectivity index (χ1v) is 8.75. The Kier molecular flexibility index (Phi) is 5.85. The van der Waals surface area contributed by atoms with Gasteiger partial charge in [0.15, 0.2) is 17.0 Å². The molecule has 0 aliphatic heterocycles. The molecule has 2 aromatic heterocycles. The van der Waals surface area contributed by atoms with E-state index in [2.05, 4.69) is 20.3 Å². The van der Waals surface area contributed by atoms with Crippen molar-refractivity contribution in [3.05, 3.63) is 6.33 Å². The van der Waals surface area contributed by atoms with Crippen molar-refractivity contribution in [3.63, 3.8) is 0 Å². The van der Waals surface area contributed by atoms with Crippen molar-refractivity contribution in [2.24, 2.45) is 5.73 Å². The maximum Gasteiger partial charge on any atom is 0.350 e. The lowest BCUT2D eigenvalue weighted by Crippen LogP contribution is -2.11. The third-order valence-corrected chi connectivity index (χ3v) is 3.41. The number of ether oxygens (including phenoxy) is 1. The van der Waals surface area contributed by atoms with Crippen LogP contribution in [0.15, 0.2) is 6.33 Å². The number of fused-ring (bicyclic) bond motifs is 1. The van der Waals surface area contributed by atoms with Crippen molar-refractivity contribution in [2.75, 3.05) is 37.1 Å². The van der Waals surface area contributed by atoms with Crippen molar-refractivity contribution in [1.82, 2.24) is 19.5 Å². The Balaban J connectivity index is 2.08. The molecule has 12 heteroatoms. The number of nitrogens with two attached hydrogens (primary N) is 2. The van der Waals surface area contributed by atoms with E-state index in [1.807, 2.05) is 0 Å². The molecule has 0 aliphatic carbocycles. The first-order valence-electron chi connectivity index (χ1n) is 6.95. The van der Waals surface area contributed by atoms with Crippen LogP contribution in [0.4, 0.5) is 11.8 Å². The lowest BCUT2D eigenvalue weighted by Gasteiger charge is -2.08. The van der Waals surface area contributed by atoms with E-state index in [0.717, 1.165) is 6.42 Å². The van der Waals surface area contributed by atoms with E-state index in [1.165, 1.54) is 0 Å². The van der Waals surface area contributed by atoms with Gasteiger partial charge in [0.1, 0.15) is 6.35 Å². The first-order chi connectivity index (χ1) is 10.9. The van der Waals surface area contributed by atoms with Gasteiger partial charge in [-0.15, -0.1) is 0 Å². The number of imidazole rings is 1. The van der Waals surface area contributed by atoms with Crippen molar-refractivity contribution < 1.29 is 19.1 Å². The zero-order valence-corrected chi connectivity index (χ0v) is 13.3. The van der Waals surface area contributed by atoms with E-state index in [1.54, 1.807) is 10.9 Å². The molecule has 0 radical (unpaired) electrons. The highest BCUT2D eigenvalue weighted by molar-refractivity contribution is 7.51. The summed E-state index contributed by atoms with van der Waals surface area (Å²) in [5.41, 5.74) is 12.2. The van der Waals surface area contributed by atoms with E-state index in [0.29, 0.717) is 36.6 Å². The van der Waals surface area contributed by atoms with Gasteiger partial charge < -0.3 is 35.9 Å². The Morgan fingerprint density at radius 2 is 2.17 bits per heavy atom. The summed E-state index contributed by atoms with van der Waals surface area (Å²) >= 11 is 0. The topological polar surface area (TPSA) is 174 Å². The second-order valence-corrected chi connectivity index (χ2v) is 6.40. The van der Waals surface area contributed by atoms with E-state index in [-0.39, 0.29) is 12.6 Å². The van der Waals surface area contributed by atoms with Crippen LogP contribution in [0, 0.1) is 0 Å². The first kappa shape index (κ1) is 17.6. The maximum atomic E-state index is 10.7. The summed E-state index contributed by atoms with van der Waals surface area (Å²) in [6, 6.07) is 0. The van der Waals surface area contributed by atoms with Crippen LogP contribution in [-0.2, 0) is 15.8 Å². The van der Waals surface area contributed by atoms with Crippen LogP contribution in [0.5, 0.6) is 0 Å². The fourth-order valence-corrected chi connectivity index (χ4v) is 2.27. The molecule has 23 heavy (non-hydrogen) atoms. The second kappa shape index (κ2) is 7.66. The van der Waals surface area contributed by atoms with Gasteiger partial charge in [-0.25, -0.2) is 4.98 Å². The molecule has 2 heterocycles. The summed E-state index contributed by atoms with van der Waals surface area (Å²) in [4.78, 5) is 30.0. The summed E-state index contributed by atoms with van der Waals surface area (Å²) in [7, 11) is -4.16. The van der Waals surface area contributed by atoms with E-state index >= 15 is 0 Å². The minimum atomic E-state index is -4.16. The van der Waals surface area contributed by atoms with E-state index < -0.39 is 13.9 Å². The van der Waals surface area contributed by atoms with Crippen LogP contribution in [0.25, 0.3) is 11.2 Å². The highest BCUT2D eigenvalue weighted by Gasteiger charge is 2.14. The van der Waals surface area contributed by atoms with Crippen LogP contribution in [-0.4, -0.2) is 55.4 Å². The molecule has 0 amide bonds. The van der Waals surface area contributed by atoms with Crippen LogP contribution >= 0.6 is 7.60 Å². The molecule has 2 aromatic rings. The van der Waals surface area contributed by atoms with Gasteiger partial charge in [0.05, 0.1) is 12.9 Å². The van der Waals surface area contributed by atoms with Crippen molar-refractivity contribution in [3.8, 4) is 0 Å². The summed E-state index contributed by atoms with van der Waals surface area (Å²) in [5, 5.41) is 3.11. The van der Waals surface area contributed by atoms with Gasteiger partial charge in [-0.3, -0.25) is 4.57 Å². The van der Waals surface area contributed by atoms with Crippen LogP contribution in [0.1, 0.15) is 6.42 Å². The van der Waals surface area contributed by atoms with Gasteiger partial charge in [-0.05, 0) is 13.0 Å². The van der Waals surface area contributed by atoms with Crippen LogP contribution in [0.2, 0.25) is 0 Å². The molecule has 0 saturated heterocycles. The van der Waals surface area contributed by atoms with Gasteiger partial charge in [0, 0.05) is 13.1 Å². The summed E-state index contributed by atoms with van der Waals surface area (Å²) in [6.07, 6.45) is 1.71. The summed E-state index contributed by atoms with van der Waals surface area (Å²) < 4.78 is 17.3. The molecular weight excluding hydrogens is 325 g/mol. The van der Waals surface area contributed by atoms with Gasteiger partial charge in [-0.1, -0.05) is 0 Å². The number of hydrogen-bond acceptors (Lipinski definition) is 8. The normalized spacial score (nSPS) is 12.0. The Bertz CT molecular complexity index is 701. The van der Waals surface area contributed by atoms with E-state index in [9.17, 15) is 4.57 Å².